The van der Waals surface area contributed by atoms with Crippen LogP contribution in [0.4, 0.5) is 0 Å². The van der Waals surface area contributed by atoms with Gasteiger partial charge in [0.2, 0.25) is 0 Å². The standard InChI is InChI=1S/C8H15NO/c1-2-4-8(10)7-5-3-6-9-7/h3,5,7-10H,2,4,6H2,1H3. The molecule has 1 aliphatic heterocycles. The fraction of sp³-hybridized carbons (Fsp3) is 0.750. The van der Waals surface area contributed by atoms with Crippen molar-refractivity contribution in [2.24, 2.45) is 0 Å². The zero-order chi connectivity index (χ0) is 7.40. The highest BCUT2D eigenvalue weighted by atomic mass is 16.3. The van der Waals surface area contributed by atoms with E-state index in [2.05, 4.69) is 18.3 Å². The Labute approximate surface area is 61.9 Å². The lowest BCUT2D eigenvalue weighted by Crippen LogP contribution is -2.34. The number of hydrogen-bond donors (Lipinski definition) is 2. The summed E-state index contributed by atoms with van der Waals surface area (Å²) in [6.07, 6.45) is 5.85. The van der Waals surface area contributed by atoms with E-state index in [0.717, 1.165) is 19.4 Å². The van der Waals surface area contributed by atoms with Gasteiger partial charge in [-0.3, -0.25) is 0 Å². The van der Waals surface area contributed by atoms with Gasteiger partial charge in [-0.1, -0.05) is 25.5 Å². The molecule has 2 N–H and O–H groups in total. The molecule has 2 heteroatoms. The van der Waals surface area contributed by atoms with Crippen LogP contribution in [0.3, 0.4) is 0 Å². The molecule has 0 saturated carbocycles. The van der Waals surface area contributed by atoms with Gasteiger partial charge in [-0.25, -0.2) is 0 Å². The van der Waals surface area contributed by atoms with Crippen molar-refractivity contribution in [3.8, 4) is 0 Å². The van der Waals surface area contributed by atoms with Crippen LogP contribution in [-0.4, -0.2) is 23.8 Å². The van der Waals surface area contributed by atoms with Crippen molar-refractivity contribution in [3.63, 3.8) is 0 Å². The maximum atomic E-state index is 9.44. The van der Waals surface area contributed by atoms with Crippen LogP contribution >= 0.6 is 0 Å². The van der Waals surface area contributed by atoms with Crippen LogP contribution in [0.5, 0.6) is 0 Å². The van der Waals surface area contributed by atoms with E-state index in [9.17, 15) is 5.11 Å². The van der Waals surface area contributed by atoms with Gasteiger partial charge in [0.15, 0.2) is 0 Å². The van der Waals surface area contributed by atoms with Crippen LogP contribution in [0.25, 0.3) is 0 Å². The molecule has 0 bridgehead atoms. The van der Waals surface area contributed by atoms with Gasteiger partial charge in [-0.05, 0) is 6.42 Å². The Morgan fingerprint density at radius 2 is 2.60 bits per heavy atom. The highest BCUT2D eigenvalue weighted by Crippen LogP contribution is 2.06. The minimum atomic E-state index is -0.191. The van der Waals surface area contributed by atoms with Crippen LogP contribution in [0.1, 0.15) is 19.8 Å². The van der Waals surface area contributed by atoms with E-state index in [1.807, 2.05) is 6.08 Å². The third kappa shape index (κ3) is 1.82. The van der Waals surface area contributed by atoms with Gasteiger partial charge < -0.3 is 10.4 Å². The summed E-state index contributed by atoms with van der Waals surface area (Å²) in [6, 6.07) is 0.208. The quantitative estimate of drug-likeness (QED) is 0.566. The maximum absolute atomic E-state index is 9.44. The van der Waals surface area contributed by atoms with Crippen molar-refractivity contribution in [2.45, 2.75) is 31.9 Å². The van der Waals surface area contributed by atoms with Crippen molar-refractivity contribution in [1.82, 2.24) is 5.32 Å². The molecule has 0 spiro atoms. The minimum Gasteiger partial charge on any atom is -0.391 e. The Morgan fingerprint density at radius 3 is 3.10 bits per heavy atom. The first-order valence-electron chi connectivity index (χ1n) is 3.92. The third-order valence-electron chi connectivity index (χ3n) is 1.81. The van der Waals surface area contributed by atoms with Gasteiger partial charge >= 0.3 is 0 Å². The molecule has 10 heavy (non-hydrogen) atoms. The van der Waals surface area contributed by atoms with Crippen molar-refractivity contribution in [2.75, 3.05) is 6.54 Å². The summed E-state index contributed by atoms with van der Waals surface area (Å²) in [4.78, 5) is 0. The predicted molar refractivity (Wildman–Crippen MR) is 41.8 cm³/mol. The molecule has 0 fully saturated rings. The zero-order valence-corrected chi connectivity index (χ0v) is 6.38. The van der Waals surface area contributed by atoms with Gasteiger partial charge in [0.1, 0.15) is 0 Å². The molecular weight excluding hydrogens is 126 g/mol. The van der Waals surface area contributed by atoms with Crippen LogP contribution in [0, 0.1) is 0 Å². The summed E-state index contributed by atoms with van der Waals surface area (Å²) in [6.45, 7) is 2.99. The van der Waals surface area contributed by atoms with Gasteiger partial charge in [0.25, 0.3) is 0 Å². The van der Waals surface area contributed by atoms with Crippen LogP contribution in [0.2, 0.25) is 0 Å². The molecular formula is C8H15NO. The largest absolute Gasteiger partial charge is 0.391 e. The Balaban J connectivity index is 2.26. The van der Waals surface area contributed by atoms with Crippen LogP contribution in [-0.2, 0) is 0 Å². The topological polar surface area (TPSA) is 32.3 Å². The number of nitrogens with one attached hydrogen (secondary N) is 1. The second kappa shape index (κ2) is 3.74. The van der Waals surface area contributed by atoms with Crippen LogP contribution < -0.4 is 5.32 Å². The lowest BCUT2D eigenvalue weighted by Gasteiger charge is -2.15. The highest BCUT2D eigenvalue weighted by Gasteiger charge is 2.16. The van der Waals surface area contributed by atoms with Gasteiger partial charge in [0, 0.05) is 6.54 Å². The molecule has 1 rings (SSSR count). The molecule has 0 saturated heterocycles. The lowest BCUT2D eigenvalue weighted by molar-refractivity contribution is 0.140. The third-order valence-corrected chi connectivity index (χ3v) is 1.81. The van der Waals surface area contributed by atoms with Gasteiger partial charge in [0.05, 0.1) is 12.1 Å². The van der Waals surface area contributed by atoms with E-state index >= 15 is 0 Å². The van der Waals surface area contributed by atoms with Crippen molar-refractivity contribution >= 4 is 0 Å². The minimum absolute atomic E-state index is 0.191. The molecule has 0 aliphatic carbocycles. The number of hydrogen-bond acceptors (Lipinski definition) is 2. The van der Waals surface area contributed by atoms with Crippen LogP contribution in [0.15, 0.2) is 12.2 Å². The molecule has 2 nitrogen and oxygen atoms in total. The Kier molecular flexibility index (Phi) is 2.90. The first-order valence-corrected chi connectivity index (χ1v) is 3.92. The molecule has 0 aromatic rings. The second-order valence-electron chi connectivity index (χ2n) is 2.72. The fourth-order valence-corrected chi connectivity index (χ4v) is 1.23. The zero-order valence-electron chi connectivity index (χ0n) is 6.38. The molecule has 2 unspecified atom stereocenters. The summed E-state index contributed by atoms with van der Waals surface area (Å²) in [5.41, 5.74) is 0. The first kappa shape index (κ1) is 7.76. The molecule has 0 amide bonds. The number of aliphatic hydroxyl groups excluding tert-OH is 1. The summed E-state index contributed by atoms with van der Waals surface area (Å²) in [7, 11) is 0. The van der Waals surface area contributed by atoms with Gasteiger partial charge in [-0.15, -0.1) is 0 Å². The molecule has 2 atom stereocenters. The number of aliphatic hydroxyl groups is 1. The predicted octanol–water partition coefficient (Wildman–Crippen LogP) is 0.675. The molecule has 1 heterocycles. The SMILES string of the molecule is CCCC(O)C1C=CCN1. The van der Waals surface area contributed by atoms with E-state index in [0.29, 0.717) is 0 Å². The van der Waals surface area contributed by atoms with E-state index in [4.69, 9.17) is 0 Å². The smallest absolute Gasteiger partial charge is 0.0729 e. The first-order chi connectivity index (χ1) is 4.84. The monoisotopic (exact) mass is 141 g/mol. The van der Waals surface area contributed by atoms with Gasteiger partial charge in [-0.2, -0.15) is 0 Å². The molecule has 0 aromatic carbocycles. The van der Waals surface area contributed by atoms with E-state index in [1.54, 1.807) is 0 Å². The molecule has 0 radical (unpaired) electrons. The average molecular weight is 141 g/mol. The van der Waals surface area contributed by atoms with Crippen molar-refractivity contribution in [3.05, 3.63) is 12.2 Å². The summed E-state index contributed by atoms with van der Waals surface area (Å²) in [5.74, 6) is 0. The molecule has 1 aliphatic rings. The highest BCUT2D eigenvalue weighted by molar-refractivity contribution is 5.04. The van der Waals surface area contributed by atoms with E-state index in [-0.39, 0.29) is 12.1 Å². The van der Waals surface area contributed by atoms with Crippen molar-refractivity contribution < 1.29 is 5.11 Å². The lowest BCUT2D eigenvalue weighted by atomic mass is 10.1. The molecule has 58 valence electrons. The Bertz CT molecular complexity index is 122. The van der Waals surface area contributed by atoms with E-state index < -0.39 is 0 Å². The van der Waals surface area contributed by atoms with E-state index in [1.165, 1.54) is 0 Å². The fourth-order valence-electron chi connectivity index (χ4n) is 1.23. The average Bonchev–Trinajstić information content (AvgIpc) is 2.38. The summed E-state index contributed by atoms with van der Waals surface area (Å²) >= 11 is 0. The Morgan fingerprint density at radius 1 is 1.80 bits per heavy atom. The maximum Gasteiger partial charge on any atom is 0.0729 e. The summed E-state index contributed by atoms with van der Waals surface area (Å²) < 4.78 is 0. The normalized spacial score (nSPS) is 27.2. The Hall–Kier alpha value is -0.340. The van der Waals surface area contributed by atoms with Crippen molar-refractivity contribution in [1.29, 1.82) is 0 Å². The number of rotatable bonds is 3. The summed E-state index contributed by atoms with van der Waals surface area (Å²) in [5, 5.41) is 12.6. The second-order valence-corrected chi connectivity index (χ2v) is 2.72. The molecule has 0 aromatic heterocycles.